The van der Waals surface area contributed by atoms with Gasteiger partial charge in [-0.05, 0) is 62.5 Å². The Labute approximate surface area is 156 Å². The monoisotopic (exact) mass is 351 g/mol. The highest BCUT2D eigenvalue weighted by atomic mass is 16.5. The van der Waals surface area contributed by atoms with Crippen LogP contribution in [0.15, 0.2) is 48.5 Å². The number of hydrogen-bond donors (Lipinski definition) is 0. The third-order valence-electron chi connectivity index (χ3n) is 5.58. The lowest BCUT2D eigenvalue weighted by molar-refractivity contribution is 0.205. The van der Waals surface area contributed by atoms with Gasteiger partial charge in [-0.15, -0.1) is 0 Å². The molecule has 1 fully saturated rings. The number of piperidine rings is 1. The quantitative estimate of drug-likeness (QED) is 0.694. The second-order valence-electron chi connectivity index (χ2n) is 7.40. The Morgan fingerprint density at radius 1 is 0.962 bits per heavy atom. The molecule has 138 valence electrons. The minimum Gasteiger partial charge on any atom is -0.494 e. The fraction of sp³-hybridized carbons (Fsp3) is 0.478. The Kier molecular flexibility index (Phi) is 5.75. The molecule has 0 saturated carbocycles. The molecule has 0 aliphatic carbocycles. The summed E-state index contributed by atoms with van der Waals surface area (Å²) >= 11 is 0. The van der Waals surface area contributed by atoms with Gasteiger partial charge in [0.1, 0.15) is 11.5 Å². The van der Waals surface area contributed by atoms with Crippen LogP contribution in [0.1, 0.15) is 49.1 Å². The maximum absolute atomic E-state index is 5.96. The first kappa shape index (κ1) is 17.4. The molecule has 3 nitrogen and oxygen atoms in total. The summed E-state index contributed by atoms with van der Waals surface area (Å²) in [4.78, 5) is 2.57. The van der Waals surface area contributed by atoms with Gasteiger partial charge in [-0.1, -0.05) is 36.8 Å². The molecule has 0 amide bonds. The zero-order chi connectivity index (χ0) is 17.6. The minimum absolute atomic E-state index is 0.424. The molecule has 2 aliphatic heterocycles. The first-order chi connectivity index (χ1) is 12.9. The van der Waals surface area contributed by atoms with Gasteiger partial charge in [-0.25, -0.2) is 0 Å². The van der Waals surface area contributed by atoms with Crippen LogP contribution in [0.4, 0.5) is 0 Å². The van der Waals surface area contributed by atoms with Crippen LogP contribution in [0.5, 0.6) is 11.5 Å². The van der Waals surface area contributed by atoms with E-state index in [0.717, 1.165) is 44.1 Å². The van der Waals surface area contributed by atoms with E-state index in [2.05, 4.69) is 47.4 Å². The van der Waals surface area contributed by atoms with Crippen molar-refractivity contribution in [3.05, 3.63) is 59.7 Å². The van der Waals surface area contributed by atoms with Crippen molar-refractivity contribution in [2.45, 2.75) is 38.0 Å². The van der Waals surface area contributed by atoms with Crippen molar-refractivity contribution in [1.29, 1.82) is 0 Å². The molecular formula is C23H29NO2. The van der Waals surface area contributed by atoms with Gasteiger partial charge in [0, 0.05) is 18.0 Å². The SMILES string of the molecule is c1ccc2c(c1)OCCC2c1ccc(OCCCN2CCCCC2)cc1. The zero-order valence-corrected chi connectivity index (χ0v) is 15.5. The van der Waals surface area contributed by atoms with Crippen molar-refractivity contribution in [2.24, 2.45) is 0 Å². The van der Waals surface area contributed by atoms with Crippen LogP contribution < -0.4 is 9.47 Å². The van der Waals surface area contributed by atoms with Crippen LogP contribution in [0.2, 0.25) is 0 Å². The molecule has 0 spiro atoms. The molecule has 2 aliphatic rings. The summed E-state index contributed by atoms with van der Waals surface area (Å²) in [6.45, 7) is 5.28. The number of nitrogens with zero attached hydrogens (tertiary/aromatic N) is 1. The van der Waals surface area contributed by atoms with E-state index < -0.39 is 0 Å². The lowest BCUT2D eigenvalue weighted by atomic mass is 9.87. The third-order valence-corrected chi connectivity index (χ3v) is 5.58. The van der Waals surface area contributed by atoms with E-state index >= 15 is 0 Å². The zero-order valence-electron chi connectivity index (χ0n) is 15.5. The van der Waals surface area contributed by atoms with Gasteiger partial charge in [-0.3, -0.25) is 0 Å². The normalized spacial score (nSPS) is 20.2. The number of likely N-dealkylation sites (tertiary alicyclic amines) is 1. The molecule has 0 radical (unpaired) electrons. The summed E-state index contributed by atoms with van der Waals surface area (Å²) in [5, 5.41) is 0. The fourth-order valence-electron chi connectivity index (χ4n) is 4.15. The Hall–Kier alpha value is -2.00. The minimum atomic E-state index is 0.424. The van der Waals surface area contributed by atoms with Crippen LogP contribution in [-0.2, 0) is 0 Å². The summed E-state index contributed by atoms with van der Waals surface area (Å²) < 4.78 is 11.7. The number of benzene rings is 2. The predicted molar refractivity (Wildman–Crippen MR) is 105 cm³/mol. The lowest BCUT2D eigenvalue weighted by Crippen LogP contribution is -2.31. The van der Waals surface area contributed by atoms with E-state index in [-0.39, 0.29) is 0 Å². The Bertz CT molecular complexity index is 692. The molecule has 1 unspecified atom stereocenters. The maximum atomic E-state index is 5.96. The lowest BCUT2D eigenvalue weighted by Gasteiger charge is -2.26. The predicted octanol–water partition coefficient (Wildman–Crippen LogP) is 4.86. The van der Waals surface area contributed by atoms with Crippen molar-refractivity contribution >= 4 is 0 Å². The van der Waals surface area contributed by atoms with Gasteiger partial charge in [0.15, 0.2) is 0 Å². The molecule has 4 rings (SSSR count). The third kappa shape index (κ3) is 4.21. The average Bonchev–Trinajstić information content (AvgIpc) is 2.72. The first-order valence-corrected chi connectivity index (χ1v) is 10.1. The van der Waals surface area contributed by atoms with Crippen molar-refractivity contribution in [3.8, 4) is 11.5 Å². The van der Waals surface area contributed by atoms with E-state index in [9.17, 15) is 0 Å². The largest absolute Gasteiger partial charge is 0.494 e. The number of fused-ring (bicyclic) bond motifs is 1. The Morgan fingerprint density at radius 2 is 1.77 bits per heavy atom. The summed E-state index contributed by atoms with van der Waals surface area (Å²) in [5.41, 5.74) is 2.65. The van der Waals surface area contributed by atoms with Crippen molar-refractivity contribution in [1.82, 2.24) is 4.90 Å². The molecular weight excluding hydrogens is 322 g/mol. The van der Waals surface area contributed by atoms with Gasteiger partial charge in [0.2, 0.25) is 0 Å². The average molecular weight is 351 g/mol. The Morgan fingerprint density at radius 3 is 2.62 bits per heavy atom. The van der Waals surface area contributed by atoms with E-state index in [1.54, 1.807) is 0 Å². The summed E-state index contributed by atoms with van der Waals surface area (Å²) in [6, 6.07) is 17.1. The summed E-state index contributed by atoms with van der Waals surface area (Å²) in [5.74, 6) is 2.43. The molecule has 2 aromatic carbocycles. The number of ether oxygens (including phenoxy) is 2. The van der Waals surface area contributed by atoms with Gasteiger partial charge >= 0.3 is 0 Å². The van der Waals surface area contributed by atoms with Gasteiger partial charge in [-0.2, -0.15) is 0 Å². The molecule has 0 N–H and O–H groups in total. The van der Waals surface area contributed by atoms with Crippen molar-refractivity contribution in [3.63, 3.8) is 0 Å². The highest BCUT2D eigenvalue weighted by molar-refractivity contribution is 5.44. The van der Waals surface area contributed by atoms with Crippen LogP contribution in [0.3, 0.4) is 0 Å². The van der Waals surface area contributed by atoms with E-state index in [4.69, 9.17) is 9.47 Å². The molecule has 0 bridgehead atoms. The van der Waals surface area contributed by atoms with E-state index in [1.165, 1.54) is 43.5 Å². The van der Waals surface area contributed by atoms with Crippen LogP contribution >= 0.6 is 0 Å². The molecule has 2 heterocycles. The standard InChI is InChI=1S/C23H29NO2/c1-4-14-24(15-5-1)16-6-17-25-20-11-9-19(10-12-20)21-13-18-26-23-8-3-2-7-22(21)23/h2-3,7-12,21H,1,4-6,13-18H2. The topological polar surface area (TPSA) is 21.7 Å². The number of hydrogen-bond acceptors (Lipinski definition) is 3. The molecule has 26 heavy (non-hydrogen) atoms. The van der Waals surface area contributed by atoms with Crippen molar-refractivity contribution < 1.29 is 9.47 Å². The van der Waals surface area contributed by atoms with E-state index in [1.807, 2.05) is 6.07 Å². The van der Waals surface area contributed by atoms with Crippen LogP contribution in [-0.4, -0.2) is 37.7 Å². The van der Waals surface area contributed by atoms with Gasteiger partial charge in [0.25, 0.3) is 0 Å². The van der Waals surface area contributed by atoms with E-state index in [0.29, 0.717) is 5.92 Å². The molecule has 1 atom stereocenters. The second kappa shape index (κ2) is 8.59. The highest BCUT2D eigenvalue weighted by Crippen LogP contribution is 2.38. The first-order valence-electron chi connectivity index (χ1n) is 10.1. The maximum Gasteiger partial charge on any atom is 0.123 e. The molecule has 0 aromatic heterocycles. The van der Waals surface area contributed by atoms with Gasteiger partial charge < -0.3 is 14.4 Å². The van der Waals surface area contributed by atoms with Crippen LogP contribution in [0, 0.1) is 0 Å². The number of rotatable bonds is 6. The highest BCUT2D eigenvalue weighted by Gasteiger charge is 2.22. The summed E-state index contributed by atoms with van der Waals surface area (Å²) in [6.07, 6.45) is 6.26. The fourth-order valence-corrected chi connectivity index (χ4v) is 4.15. The Balaban J connectivity index is 1.30. The number of para-hydroxylation sites is 1. The summed E-state index contributed by atoms with van der Waals surface area (Å²) in [7, 11) is 0. The van der Waals surface area contributed by atoms with Crippen LogP contribution in [0.25, 0.3) is 0 Å². The molecule has 2 aromatic rings. The van der Waals surface area contributed by atoms with Crippen molar-refractivity contribution in [2.75, 3.05) is 32.8 Å². The smallest absolute Gasteiger partial charge is 0.123 e. The second-order valence-corrected chi connectivity index (χ2v) is 7.40. The molecule has 3 heteroatoms. The van der Waals surface area contributed by atoms with Gasteiger partial charge in [0.05, 0.1) is 13.2 Å². The molecule has 1 saturated heterocycles.